The summed E-state index contributed by atoms with van der Waals surface area (Å²) in [5.74, 6) is -0.0268. The zero-order valence-corrected chi connectivity index (χ0v) is 8.22. The highest BCUT2D eigenvalue weighted by Crippen LogP contribution is 2.25. The second-order valence-electron chi connectivity index (χ2n) is 2.48. The molecule has 0 aliphatic rings. The number of aliphatic hydroxyl groups is 2. The van der Waals surface area contributed by atoms with Crippen molar-refractivity contribution in [1.82, 2.24) is 0 Å². The van der Waals surface area contributed by atoms with Crippen LogP contribution in [0.4, 0.5) is 0 Å². The van der Waals surface area contributed by atoms with Crippen molar-refractivity contribution in [2.24, 2.45) is 0 Å². The Morgan fingerprint density at radius 2 is 2.23 bits per heavy atom. The number of nitriles is 1. The van der Waals surface area contributed by atoms with Crippen LogP contribution in [0.5, 0.6) is 0 Å². The lowest BCUT2D eigenvalue weighted by molar-refractivity contribution is 0.0350. The highest BCUT2D eigenvalue weighted by Gasteiger charge is 2.18. The van der Waals surface area contributed by atoms with Crippen LogP contribution in [0.2, 0.25) is 0 Å². The number of rotatable bonds is 3. The third-order valence-electron chi connectivity index (χ3n) is 1.55. The molecule has 1 rings (SSSR count). The first kappa shape index (κ1) is 10.5. The van der Waals surface area contributed by atoms with E-state index in [0.29, 0.717) is 9.75 Å². The van der Waals surface area contributed by atoms with E-state index in [1.165, 1.54) is 0 Å². The van der Waals surface area contributed by atoms with Gasteiger partial charge in [0.1, 0.15) is 17.1 Å². The van der Waals surface area contributed by atoms with Crippen LogP contribution in [0, 0.1) is 11.3 Å². The van der Waals surface area contributed by atoms with Gasteiger partial charge in [0.15, 0.2) is 0 Å². The Bertz CT molecular complexity index is 320. The average Bonchev–Trinajstić information content (AvgIpc) is 2.63. The summed E-state index contributed by atoms with van der Waals surface area (Å²) >= 11 is 6.52. The fourth-order valence-electron chi connectivity index (χ4n) is 0.846. The minimum atomic E-state index is -0.996. The van der Waals surface area contributed by atoms with Gasteiger partial charge in [0.05, 0.1) is 12.0 Å². The lowest BCUT2D eigenvalue weighted by Crippen LogP contribution is -2.18. The molecule has 70 valence electrons. The first-order valence-corrected chi connectivity index (χ1v) is 4.96. The first-order chi connectivity index (χ1) is 6.19. The number of hydrogen-bond acceptors (Lipinski definition) is 4. The van der Waals surface area contributed by atoms with Crippen LogP contribution in [-0.2, 0) is 0 Å². The van der Waals surface area contributed by atoms with Gasteiger partial charge >= 0.3 is 0 Å². The van der Waals surface area contributed by atoms with Gasteiger partial charge in [-0.3, -0.25) is 0 Å². The smallest absolute Gasteiger partial charge is 0.115 e. The molecule has 0 aliphatic carbocycles. The molecular formula is C8H8ClNO2S. The Morgan fingerprint density at radius 1 is 1.54 bits per heavy atom. The zero-order valence-electron chi connectivity index (χ0n) is 6.64. The molecule has 0 fully saturated rings. The fourth-order valence-corrected chi connectivity index (χ4v) is 1.86. The lowest BCUT2D eigenvalue weighted by Gasteiger charge is -2.12. The van der Waals surface area contributed by atoms with Crippen LogP contribution in [0.1, 0.15) is 15.9 Å². The highest BCUT2D eigenvalue weighted by atomic mass is 35.5. The molecule has 2 unspecified atom stereocenters. The highest BCUT2D eigenvalue weighted by molar-refractivity contribution is 7.12. The van der Waals surface area contributed by atoms with Gasteiger partial charge in [0, 0.05) is 4.88 Å². The van der Waals surface area contributed by atoms with E-state index in [4.69, 9.17) is 16.9 Å². The van der Waals surface area contributed by atoms with Crippen LogP contribution in [0.3, 0.4) is 0 Å². The Labute approximate surface area is 84.8 Å². The lowest BCUT2D eigenvalue weighted by atomic mass is 10.2. The van der Waals surface area contributed by atoms with Gasteiger partial charge < -0.3 is 10.2 Å². The van der Waals surface area contributed by atoms with Crippen LogP contribution in [-0.4, -0.2) is 22.2 Å². The molecule has 0 aliphatic heterocycles. The predicted molar refractivity (Wildman–Crippen MR) is 50.7 cm³/mol. The maximum Gasteiger partial charge on any atom is 0.115 e. The summed E-state index contributed by atoms with van der Waals surface area (Å²) in [5, 5.41) is 27.2. The van der Waals surface area contributed by atoms with Crippen molar-refractivity contribution in [1.29, 1.82) is 5.26 Å². The molecule has 0 saturated heterocycles. The Morgan fingerprint density at radius 3 is 2.69 bits per heavy atom. The van der Waals surface area contributed by atoms with Gasteiger partial charge in [-0.15, -0.1) is 22.9 Å². The summed E-state index contributed by atoms with van der Waals surface area (Å²) in [7, 11) is 0. The summed E-state index contributed by atoms with van der Waals surface area (Å²) < 4.78 is 0. The summed E-state index contributed by atoms with van der Waals surface area (Å²) in [6.07, 6.45) is -1.98. The Kier molecular flexibility index (Phi) is 3.70. The van der Waals surface area contributed by atoms with Crippen molar-refractivity contribution >= 4 is 22.9 Å². The molecule has 0 saturated carbocycles. The van der Waals surface area contributed by atoms with Crippen molar-refractivity contribution in [3.05, 3.63) is 21.9 Å². The zero-order chi connectivity index (χ0) is 9.84. The summed E-state index contributed by atoms with van der Waals surface area (Å²) in [4.78, 5) is 1.07. The molecule has 1 aromatic rings. The van der Waals surface area contributed by atoms with Crippen molar-refractivity contribution < 1.29 is 10.2 Å². The van der Waals surface area contributed by atoms with Crippen molar-refractivity contribution in [2.75, 3.05) is 5.88 Å². The molecule has 0 spiro atoms. The van der Waals surface area contributed by atoms with Gasteiger partial charge in [-0.05, 0) is 12.1 Å². The van der Waals surface area contributed by atoms with E-state index in [1.807, 2.05) is 6.07 Å². The molecule has 0 amide bonds. The third kappa shape index (κ3) is 2.42. The maximum absolute atomic E-state index is 9.46. The summed E-state index contributed by atoms with van der Waals surface area (Å²) in [6.45, 7) is 0. The van der Waals surface area contributed by atoms with Gasteiger partial charge in [-0.2, -0.15) is 5.26 Å². The summed E-state index contributed by atoms with van der Waals surface area (Å²) in [5.41, 5.74) is 0. The van der Waals surface area contributed by atoms with Crippen molar-refractivity contribution in [2.45, 2.75) is 12.2 Å². The molecule has 1 heterocycles. The van der Waals surface area contributed by atoms with E-state index in [1.54, 1.807) is 12.1 Å². The van der Waals surface area contributed by atoms with Gasteiger partial charge in [-0.25, -0.2) is 0 Å². The van der Waals surface area contributed by atoms with Gasteiger partial charge in [0.2, 0.25) is 0 Å². The Hall–Kier alpha value is -0.600. The molecule has 13 heavy (non-hydrogen) atoms. The first-order valence-electron chi connectivity index (χ1n) is 3.61. The molecule has 0 aromatic carbocycles. The monoisotopic (exact) mass is 217 g/mol. The minimum absolute atomic E-state index is 0.0268. The van der Waals surface area contributed by atoms with Gasteiger partial charge in [-0.1, -0.05) is 0 Å². The van der Waals surface area contributed by atoms with E-state index >= 15 is 0 Å². The van der Waals surface area contributed by atoms with Gasteiger partial charge in [0.25, 0.3) is 0 Å². The normalized spacial score (nSPS) is 14.9. The quantitative estimate of drug-likeness (QED) is 0.750. The standard InChI is InChI=1S/C8H8ClNO2S/c9-3-6(11)8(12)7-2-1-5(4-10)13-7/h1-2,6,8,11-12H,3H2. The number of alkyl halides is 1. The minimum Gasteiger partial charge on any atom is -0.389 e. The van der Waals surface area contributed by atoms with Crippen molar-refractivity contribution in [3.63, 3.8) is 0 Å². The van der Waals surface area contributed by atoms with E-state index < -0.39 is 12.2 Å². The van der Waals surface area contributed by atoms with E-state index in [2.05, 4.69) is 0 Å². The average molecular weight is 218 g/mol. The second-order valence-corrected chi connectivity index (χ2v) is 3.90. The third-order valence-corrected chi connectivity index (χ3v) is 2.93. The maximum atomic E-state index is 9.46. The predicted octanol–water partition coefficient (Wildman–Crippen LogP) is 1.25. The summed E-state index contributed by atoms with van der Waals surface area (Å²) in [6, 6.07) is 5.17. The molecule has 2 N–H and O–H groups in total. The number of halogens is 1. The van der Waals surface area contributed by atoms with Crippen LogP contribution < -0.4 is 0 Å². The van der Waals surface area contributed by atoms with E-state index in [0.717, 1.165) is 11.3 Å². The molecule has 0 radical (unpaired) electrons. The van der Waals surface area contributed by atoms with Crippen molar-refractivity contribution in [3.8, 4) is 6.07 Å². The number of thiophene rings is 1. The largest absolute Gasteiger partial charge is 0.389 e. The molecular weight excluding hydrogens is 210 g/mol. The second kappa shape index (κ2) is 4.58. The molecule has 1 aromatic heterocycles. The topological polar surface area (TPSA) is 64.2 Å². The number of hydrogen-bond donors (Lipinski definition) is 2. The van der Waals surface area contributed by atoms with E-state index in [9.17, 15) is 10.2 Å². The van der Waals surface area contributed by atoms with Crippen LogP contribution >= 0.6 is 22.9 Å². The molecule has 3 nitrogen and oxygen atoms in total. The number of nitrogens with zero attached hydrogens (tertiary/aromatic N) is 1. The fraction of sp³-hybridized carbons (Fsp3) is 0.375. The molecule has 5 heteroatoms. The van der Waals surface area contributed by atoms with E-state index in [-0.39, 0.29) is 5.88 Å². The number of aliphatic hydroxyl groups excluding tert-OH is 2. The molecule has 2 atom stereocenters. The molecule has 0 bridgehead atoms. The van der Waals surface area contributed by atoms with Crippen LogP contribution in [0.15, 0.2) is 12.1 Å². The Balaban J connectivity index is 2.78. The van der Waals surface area contributed by atoms with Crippen LogP contribution in [0.25, 0.3) is 0 Å². The SMILES string of the molecule is N#Cc1ccc(C(O)C(O)CCl)s1.